The van der Waals surface area contributed by atoms with Gasteiger partial charge in [-0.2, -0.15) is 5.10 Å². The Morgan fingerprint density at radius 1 is 1.29 bits per heavy atom. The first-order valence-electron chi connectivity index (χ1n) is 7.05. The van der Waals surface area contributed by atoms with Gasteiger partial charge in [-0.1, -0.05) is 13.3 Å². The molecule has 0 amide bonds. The number of nitrogens with one attached hydrogen (secondary N) is 2. The van der Waals surface area contributed by atoms with E-state index in [9.17, 15) is 0 Å². The molecule has 2 N–H and O–H groups in total. The Bertz CT molecular complexity index is 435. The van der Waals surface area contributed by atoms with Crippen LogP contribution in [0.5, 0.6) is 5.75 Å². The molecule has 21 heavy (non-hydrogen) atoms. The van der Waals surface area contributed by atoms with E-state index in [1.54, 1.807) is 13.3 Å². The summed E-state index contributed by atoms with van der Waals surface area (Å²) in [6, 6.07) is 7.78. The number of ether oxygens (including phenoxy) is 2. The third kappa shape index (κ3) is 8.27. The van der Waals surface area contributed by atoms with Crippen LogP contribution >= 0.6 is 12.2 Å². The first kappa shape index (κ1) is 17.4. The van der Waals surface area contributed by atoms with Gasteiger partial charge in [-0.3, -0.25) is 5.43 Å². The van der Waals surface area contributed by atoms with Crippen molar-refractivity contribution in [3.8, 4) is 5.75 Å². The minimum atomic E-state index is 0.475. The molecule has 116 valence electrons. The lowest BCUT2D eigenvalue weighted by Gasteiger charge is -2.06. The number of rotatable bonds is 9. The lowest BCUT2D eigenvalue weighted by molar-refractivity contribution is 0.204. The van der Waals surface area contributed by atoms with Crippen LogP contribution in [-0.4, -0.2) is 38.2 Å². The largest absolute Gasteiger partial charge is 0.494 e. The molecule has 0 bridgehead atoms. The molecular weight excluding hydrogens is 286 g/mol. The number of nitrogens with zero attached hydrogens (tertiary/aromatic N) is 1. The van der Waals surface area contributed by atoms with Crippen LogP contribution in [0.3, 0.4) is 0 Å². The maximum atomic E-state index is 5.60. The molecule has 0 radical (unpaired) electrons. The van der Waals surface area contributed by atoms with E-state index in [1.165, 1.54) is 0 Å². The van der Waals surface area contributed by atoms with Crippen molar-refractivity contribution in [2.75, 3.05) is 26.9 Å². The van der Waals surface area contributed by atoms with E-state index in [-0.39, 0.29) is 0 Å². The average molecular weight is 309 g/mol. The molecule has 0 heterocycles. The molecular formula is C15H23N3O2S. The maximum absolute atomic E-state index is 5.60. The molecule has 0 fully saturated rings. The lowest BCUT2D eigenvalue weighted by atomic mass is 10.2. The summed E-state index contributed by atoms with van der Waals surface area (Å²) >= 11 is 5.05. The summed E-state index contributed by atoms with van der Waals surface area (Å²) in [6.45, 7) is 4.16. The summed E-state index contributed by atoms with van der Waals surface area (Å²) in [6.07, 6.45) is 3.91. The smallest absolute Gasteiger partial charge is 0.187 e. The Morgan fingerprint density at radius 2 is 2.05 bits per heavy atom. The second-order valence-electron chi connectivity index (χ2n) is 4.39. The third-order valence-electron chi connectivity index (χ3n) is 2.62. The van der Waals surface area contributed by atoms with E-state index in [0.717, 1.165) is 30.8 Å². The highest BCUT2D eigenvalue weighted by Gasteiger charge is 1.94. The molecule has 0 unspecified atom stereocenters. The quantitative estimate of drug-likeness (QED) is 0.317. The van der Waals surface area contributed by atoms with Gasteiger partial charge in [0.2, 0.25) is 0 Å². The molecule has 1 rings (SSSR count). The van der Waals surface area contributed by atoms with E-state index < -0.39 is 0 Å². The van der Waals surface area contributed by atoms with Crippen LogP contribution in [0.1, 0.15) is 25.3 Å². The van der Waals surface area contributed by atoms with Gasteiger partial charge >= 0.3 is 0 Å². The zero-order valence-corrected chi connectivity index (χ0v) is 13.4. The second-order valence-corrected chi connectivity index (χ2v) is 4.80. The highest BCUT2D eigenvalue weighted by Crippen LogP contribution is 2.11. The maximum Gasteiger partial charge on any atom is 0.187 e. The SMILES string of the molecule is CCCCOc1ccc(C=NNC(=S)NCCOC)cc1. The average Bonchev–Trinajstić information content (AvgIpc) is 2.49. The van der Waals surface area contributed by atoms with Gasteiger partial charge in [-0.05, 0) is 48.5 Å². The van der Waals surface area contributed by atoms with Crippen molar-refractivity contribution in [2.45, 2.75) is 19.8 Å². The summed E-state index contributed by atoms with van der Waals surface area (Å²) < 4.78 is 10.5. The van der Waals surface area contributed by atoms with E-state index >= 15 is 0 Å². The Kier molecular flexibility index (Phi) is 9.15. The predicted molar refractivity (Wildman–Crippen MR) is 90.1 cm³/mol. The van der Waals surface area contributed by atoms with Crippen molar-refractivity contribution in [1.82, 2.24) is 10.7 Å². The monoisotopic (exact) mass is 309 g/mol. The van der Waals surface area contributed by atoms with Crippen LogP contribution in [0.4, 0.5) is 0 Å². The van der Waals surface area contributed by atoms with Crippen molar-refractivity contribution < 1.29 is 9.47 Å². The van der Waals surface area contributed by atoms with Gasteiger partial charge in [0.15, 0.2) is 5.11 Å². The van der Waals surface area contributed by atoms with Crippen molar-refractivity contribution in [1.29, 1.82) is 0 Å². The third-order valence-corrected chi connectivity index (χ3v) is 2.85. The topological polar surface area (TPSA) is 54.9 Å². The zero-order valence-electron chi connectivity index (χ0n) is 12.6. The van der Waals surface area contributed by atoms with Crippen LogP contribution in [0, 0.1) is 0 Å². The number of hydrazone groups is 1. The van der Waals surface area contributed by atoms with Crippen LogP contribution in [0.15, 0.2) is 29.4 Å². The van der Waals surface area contributed by atoms with Gasteiger partial charge in [-0.25, -0.2) is 0 Å². The molecule has 0 saturated heterocycles. The number of hydrogen-bond acceptors (Lipinski definition) is 4. The van der Waals surface area contributed by atoms with E-state index in [4.69, 9.17) is 21.7 Å². The lowest BCUT2D eigenvalue weighted by Crippen LogP contribution is -2.34. The molecule has 1 aromatic carbocycles. The number of thiocarbonyl (C=S) groups is 1. The summed E-state index contributed by atoms with van der Waals surface area (Å²) in [7, 11) is 1.64. The van der Waals surface area contributed by atoms with E-state index in [1.807, 2.05) is 24.3 Å². The molecule has 0 aliphatic carbocycles. The summed E-state index contributed by atoms with van der Waals surface area (Å²) in [5.41, 5.74) is 3.73. The minimum Gasteiger partial charge on any atom is -0.494 e. The standard InChI is InChI=1S/C15H23N3O2S/c1-3-4-10-20-14-7-5-13(6-8-14)12-17-18-15(21)16-9-11-19-2/h5-8,12H,3-4,9-11H2,1-2H3,(H2,16,18,21). The molecule has 1 aromatic rings. The fourth-order valence-corrected chi connectivity index (χ4v) is 1.61. The van der Waals surface area contributed by atoms with Crippen molar-refractivity contribution in [3.05, 3.63) is 29.8 Å². The van der Waals surface area contributed by atoms with Gasteiger partial charge in [0.1, 0.15) is 5.75 Å². The molecule has 0 atom stereocenters. The number of methoxy groups -OCH3 is 1. The Balaban J connectivity index is 2.30. The molecule has 0 saturated carbocycles. The second kappa shape index (κ2) is 11.0. The summed E-state index contributed by atoms with van der Waals surface area (Å²) in [5.74, 6) is 0.880. The number of benzene rings is 1. The van der Waals surface area contributed by atoms with Crippen molar-refractivity contribution in [2.24, 2.45) is 5.10 Å². The fraction of sp³-hybridized carbons (Fsp3) is 0.467. The first-order valence-corrected chi connectivity index (χ1v) is 7.45. The van der Waals surface area contributed by atoms with Crippen molar-refractivity contribution >= 4 is 23.5 Å². The van der Waals surface area contributed by atoms with Crippen LogP contribution in [0.2, 0.25) is 0 Å². The summed E-state index contributed by atoms with van der Waals surface area (Å²) in [5, 5.41) is 7.51. The molecule has 5 nitrogen and oxygen atoms in total. The molecule has 0 spiro atoms. The fourth-order valence-electron chi connectivity index (χ4n) is 1.46. The van der Waals surface area contributed by atoms with Crippen molar-refractivity contribution in [3.63, 3.8) is 0 Å². The van der Waals surface area contributed by atoms with Gasteiger partial charge < -0.3 is 14.8 Å². The number of unbranched alkanes of at least 4 members (excludes halogenated alkanes) is 1. The predicted octanol–water partition coefficient (Wildman–Crippen LogP) is 2.31. The highest BCUT2D eigenvalue weighted by atomic mass is 32.1. The normalized spacial score (nSPS) is 10.6. The van der Waals surface area contributed by atoms with Crippen LogP contribution in [0.25, 0.3) is 0 Å². The van der Waals surface area contributed by atoms with Gasteiger partial charge in [0.05, 0.1) is 19.4 Å². The molecule has 0 aromatic heterocycles. The van der Waals surface area contributed by atoms with E-state index in [2.05, 4.69) is 22.8 Å². The van der Waals surface area contributed by atoms with Crippen LogP contribution < -0.4 is 15.5 Å². The Labute approximate surface area is 131 Å². The van der Waals surface area contributed by atoms with Gasteiger partial charge in [0, 0.05) is 13.7 Å². The zero-order chi connectivity index (χ0) is 15.3. The van der Waals surface area contributed by atoms with Gasteiger partial charge in [0.25, 0.3) is 0 Å². The Morgan fingerprint density at radius 3 is 2.71 bits per heavy atom. The highest BCUT2D eigenvalue weighted by molar-refractivity contribution is 7.80. The number of hydrogen-bond donors (Lipinski definition) is 2. The molecule has 0 aliphatic heterocycles. The molecule has 0 aliphatic rings. The summed E-state index contributed by atoms with van der Waals surface area (Å²) in [4.78, 5) is 0. The Hall–Kier alpha value is -1.66. The van der Waals surface area contributed by atoms with Gasteiger partial charge in [-0.15, -0.1) is 0 Å². The first-order chi connectivity index (χ1) is 10.3. The molecule has 6 heteroatoms. The van der Waals surface area contributed by atoms with E-state index in [0.29, 0.717) is 18.3 Å². The minimum absolute atomic E-state index is 0.475. The van der Waals surface area contributed by atoms with Crippen LogP contribution in [-0.2, 0) is 4.74 Å².